The molecule has 0 radical (unpaired) electrons. The molecule has 0 spiro atoms. The van der Waals surface area contributed by atoms with Gasteiger partial charge in [-0.2, -0.15) is 4.57 Å². The van der Waals surface area contributed by atoms with Crippen molar-refractivity contribution in [3.05, 3.63) is 76.7 Å². The average molecular weight is 396 g/mol. The van der Waals surface area contributed by atoms with Crippen molar-refractivity contribution < 1.29 is 9.67 Å². The molecule has 1 aromatic carbocycles. The van der Waals surface area contributed by atoms with Crippen LogP contribution in [-0.2, 0) is 0 Å². The molecule has 4 nitrogen and oxygen atoms in total. The lowest BCUT2D eigenvalue weighted by atomic mass is 10.2. The van der Waals surface area contributed by atoms with E-state index in [1.165, 1.54) is 16.9 Å². The van der Waals surface area contributed by atoms with Crippen molar-refractivity contribution in [3.8, 4) is 0 Å². The Balaban J connectivity index is 2.01. The second-order valence-electron chi connectivity index (χ2n) is 6.33. The van der Waals surface area contributed by atoms with Crippen molar-refractivity contribution >= 4 is 51.4 Å². The number of thiocarbonyl (C=S) groups is 1. The summed E-state index contributed by atoms with van der Waals surface area (Å²) in [6.07, 6.45) is 3.72. The third-order valence-electron chi connectivity index (χ3n) is 4.07. The maximum atomic E-state index is 13.1. The Morgan fingerprint density at radius 1 is 1.07 bits per heavy atom. The van der Waals surface area contributed by atoms with Gasteiger partial charge >= 0.3 is 0 Å². The fourth-order valence-corrected chi connectivity index (χ4v) is 3.54. The molecule has 0 saturated carbocycles. The zero-order valence-corrected chi connectivity index (χ0v) is 17.1. The Labute approximate surface area is 169 Å². The smallest absolute Gasteiger partial charge is 0.239 e. The molecule has 0 fully saturated rings. The van der Waals surface area contributed by atoms with Crippen LogP contribution >= 0.6 is 23.6 Å². The number of hydrogen-bond acceptors (Lipinski definition) is 4. The van der Waals surface area contributed by atoms with Crippen molar-refractivity contribution in [1.82, 2.24) is 0 Å². The molecule has 0 aliphatic heterocycles. The summed E-state index contributed by atoms with van der Waals surface area (Å²) in [6, 6.07) is 15.5. The van der Waals surface area contributed by atoms with E-state index in [-0.39, 0.29) is 5.76 Å². The highest BCUT2D eigenvalue weighted by molar-refractivity contribution is 7.81. The molecule has 0 bridgehead atoms. The van der Waals surface area contributed by atoms with Crippen LogP contribution in [0.5, 0.6) is 0 Å². The normalized spacial score (nSPS) is 11.7. The summed E-state index contributed by atoms with van der Waals surface area (Å²) in [6.45, 7) is 2.03. The maximum Gasteiger partial charge on any atom is 0.239 e. The highest BCUT2D eigenvalue weighted by atomic mass is 32.1. The van der Waals surface area contributed by atoms with Crippen LogP contribution in [0, 0.1) is 6.92 Å². The lowest BCUT2D eigenvalue weighted by Gasteiger charge is -2.16. The molecule has 2 heterocycles. The van der Waals surface area contributed by atoms with Crippen LogP contribution in [0.1, 0.15) is 10.4 Å². The molecule has 0 atom stereocenters. The van der Waals surface area contributed by atoms with E-state index in [1.807, 2.05) is 92.2 Å². The Bertz CT molecular complexity index is 944. The summed E-state index contributed by atoms with van der Waals surface area (Å²) < 4.78 is 1.78. The van der Waals surface area contributed by atoms with Gasteiger partial charge in [-0.25, -0.2) is 0 Å². The number of hydrogen-bond donors (Lipinski definition) is 1. The Morgan fingerprint density at radius 2 is 1.74 bits per heavy atom. The summed E-state index contributed by atoms with van der Waals surface area (Å²) in [4.78, 5) is 3.05. The predicted molar refractivity (Wildman–Crippen MR) is 116 cm³/mol. The minimum absolute atomic E-state index is 0.0998. The molecule has 0 saturated heterocycles. The van der Waals surface area contributed by atoms with Crippen LogP contribution in [0.3, 0.4) is 0 Å². The van der Waals surface area contributed by atoms with Gasteiger partial charge in [0.25, 0.3) is 0 Å². The molecule has 2 aromatic heterocycles. The molecular formula is C21H21N3OS2. The van der Waals surface area contributed by atoms with E-state index in [0.29, 0.717) is 15.6 Å². The van der Waals surface area contributed by atoms with Crippen molar-refractivity contribution in [1.29, 1.82) is 0 Å². The van der Waals surface area contributed by atoms with Crippen molar-refractivity contribution in [2.45, 2.75) is 6.92 Å². The topological polar surface area (TPSA) is 42.2 Å². The van der Waals surface area contributed by atoms with Crippen LogP contribution in [0.4, 0.5) is 11.4 Å². The largest absolute Gasteiger partial charge is 0.867 e. The lowest BCUT2D eigenvalue weighted by Crippen LogP contribution is -2.40. The van der Waals surface area contributed by atoms with Gasteiger partial charge in [0, 0.05) is 42.5 Å². The number of anilines is 2. The Morgan fingerprint density at radius 3 is 2.30 bits per heavy atom. The second kappa shape index (κ2) is 8.33. The fraction of sp³-hybridized carbons (Fsp3) is 0.143. The molecule has 0 aliphatic rings. The first-order chi connectivity index (χ1) is 13.0. The number of nitrogens with zero attached hydrogens (tertiary/aromatic N) is 2. The van der Waals surface area contributed by atoms with E-state index in [0.717, 1.165) is 11.4 Å². The third-order valence-corrected chi connectivity index (χ3v) is 5.23. The summed E-state index contributed by atoms with van der Waals surface area (Å²) in [5.74, 6) is -0.0998. The molecule has 0 aliphatic carbocycles. The van der Waals surface area contributed by atoms with Crippen LogP contribution in [0.2, 0.25) is 0 Å². The van der Waals surface area contributed by atoms with Crippen LogP contribution in [0.15, 0.2) is 66.3 Å². The molecule has 3 rings (SSSR count). The SMILES string of the molecule is Cc1ccc(NC(=S)C(=C([O-])c2cccs2)[n+]2ccc(N(C)C)cc2)cc1. The van der Waals surface area contributed by atoms with Gasteiger partial charge in [-0.1, -0.05) is 36.0 Å². The molecule has 0 unspecified atom stereocenters. The minimum atomic E-state index is -0.0998. The summed E-state index contributed by atoms with van der Waals surface area (Å²) in [5.41, 5.74) is 3.50. The first-order valence-corrected chi connectivity index (χ1v) is 9.76. The monoisotopic (exact) mass is 395 g/mol. The van der Waals surface area contributed by atoms with E-state index in [4.69, 9.17) is 12.2 Å². The number of aryl methyl sites for hydroxylation is 1. The molecule has 0 amide bonds. The fourth-order valence-electron chi connectivity index (χ4n) is 2.56. The maximum absolute atomic E-state index is 13.1. The average Bonchev–Trinajstić information content (AvgIpc) is 3.19. The van der Waals surface area contributed by atoms with Crippen LogP contribution in [-0.4, -0.2) is 19.1 Å². The number of pyridine rings is 1. The highest BCUT2D eigenvalue weighted by Crippen LogP contribution is 2.21. The Kier molecular flexibility index (Phi) is 5.88. The van der Waals surface area contributed by atoms with Crippen LogP contribution in [0.25, 0.3) is 11.5 Å². The van der Waals surface area contributed by atoms with Crippen molar-refractivity contribution in [2.75, 3.05) is 24.3 Å². The zero-order valence-electron chi connectivity index (χ0n) is 15.5. The summed E-state index contributed by atoms with van der Waals surface area (Å²) in [7, 11) is 3.95. The van der Waals surface area contributed by atoms with Crippen LogP contribution < -0.4 is 19.9 Å². The van der Waals surface area contributed by atoms with Gasteiger partial charge in [0.05, 0.1) is 0 Å². The molecule has 1 N–H and O–H groups in total. The number of rotatable bonds is 5. The van der Waals surface area contributed by atoms with Gasteiger partial charge < -0.3 is 15.3 Å². The van der Waals surface area contributed by atoms with Crippen molar-refractivity contribution in [3.63, 3.8) is 0 Å². The molecular weight excluding hydrogens is 374 g/mol. The predicted octanol–water partition coefficient (Wildman–Crippen LogP) is 3.54. The van der Waals surface area contributed by atoms with E-state index in [1.54, 1.807) is 4.57 Å². The summed E-state index contributed by atoms with van der Waals surface area (Å²) in [5, 5.41) is 18.2. The standard InChI is InChI=1S/C21H21N3OS2/c1-15-6-8-16(9-7-15)22-21(26)19(20(25)18-5-4-14-27-18)24-12-10-17(11-13-24)23(2)3/h4-14H,1-3H3,(H-,22,25,26). The van der Waals surface area contributed by atoms with Gasteiger partial charge in [0.1, 0.15) is 0 Å². The van der Waals surface area contributed by atoms with Gasteiger partial charge in [-0.05, 0) is 36.3 Å². The highest BCUT2D eigenvalue weighted by Gasteiger charge is 2.19. The minimum Gasteiger partial charge on any atom is -0.867 e. The van der Waals surface area contributed by atoms with Gasteiger partial charge in [-0.3, -0.25) is 0 Å². The van der Waals surface area contributed by atoms with E-state index < -0.39 is 0 Å². The number of nitrogens with one attached hydrogen (secondary N) is 1. The van der Waals surface area contributed by atoms with E-state index in [9.17, 15) is 5.11 Å². The van der Waals surface area contributed by atoms with E-state index >= 15 is 0 Å². The third kappa shape index (κ3) is 4.53. The first kappa shape index (κ1) is 19.1. The Hall–Kier alpha value is -2.70. The van der Waals surface area contributed by atoms with Gasteiger partial charge in [0.2, 0.25) is 5.70 Å². The quantitative estimate of drug-likeness (QED) is 0.311. The molecule has 138 valence electrons. The zero-order chi connectivity index (χ0) is 19.4. The number of aromatic nitrogens is 1. The summed E-state index contributed by atoms with van der Waals surface area (Å²) >= 11 is 7.02. The van der Waals surface area contributed by atoms with Gasteiger partial charge in [-0.15, -0.1) is 11.3 Å². The number of thiophene rings is 1. The molecule has 27 heavy (non-hydrogen) atoms. The number of benzene rings is 1. The van der Waals surface area contributed by atoms with E-state index in [2.05, 4.69) is 5.32 Å². The van der Waals surface area contributed by atoms with Gasteiger partial charge in [0.15, 0.2) is 17.4 Å². The molecule has 6 heteroatoms. The van der Waals surface area contributed by atoms with Crippen molar-refractivity contribution in [2.24, 2.45) is 0 Å². The first-order valence-electron chi connectivity index (χ1n) is 8.48. The molecule has 3 aromatic rings. The lowest BCUT2D eigenvalue weighted by molar-refractivity contribution is -0.577. The second-order valence-corrected chi connectivity index (χ2v) is 7.69.